The van der Waals surface area contributed by atoms with Gasteiger partial charge < -0.3 is 13.4 Å². The molecule has 4 aromatic heterocycles. The second-order valence-corrected chi connectivity index (χ2v) is 15.6. The first kappa shape index (κ1) is 33.6. The van der Waals surface area contributed by atoms with Gasteiger partial charge in [0.2, 0.25) is 0 Å². The molecule has 0 N–H and O–H groups in total. The maximum absolute atomic E-state index is 6.56. The van der Waals surface area contributed by atoms with E-state index in [1.807, 2.05) is 42.5 Å². The zero-order valence-electron chi connectivity index (χ0n) is 32.6. The average molecular weight is 781 g/mol. The van der Waals surface area contributed by atoms with Crippen LogP contribution in [0.3, 0.4) is 0 Å². The minimum atomic E-state index is 0.569. The van der Waals surface area contributed by atoms with Gasteiger partial charge in [0, 0.05) is 54.7 Å². The van der Waals surface area contributed by atoms with Crippen LogP contribution in [0.25, 0.3) is 127 Å². The van der Waals surface area contributed by atoms with E-state index >= 15 is 0 Å². The molecule has 0 amide bonds. The molecule has 0 spiro atoms. The number of para-hydroxylation sites is 3. The van der Waals surface area contributed by atoms with Crippen molar-refractivity contribution in [1.29, 1.82) is 0 Å². The van der Waals surface area contributed by atoms with Crippen molar-refractivity contribution in [2.45, 2.75) is 0 Å². The highest BCUT2D eigenvalue weighted by atomic mass is 16.3. The normalized spacial score (nSPS) is 11.9. The van der Waals surface area contributed by atoms with E-state index < -0.39 is 0 Å². The molecule has 0 saturated heterocycles. The van der Waals surface area contributed by atoms with Crippen LogP contribution in [0.2, 0.25) is 0 Å². The summed E-state index contributed by atoms with van der Waals surface area (Å²) in [5, 5.41) is 8.71. The number of aromatic nitrogens is 4. The molecule has 0 aliphatic heterocycles. The topological polar surface area (TPSA) is 69.9 Å². The SMILES string of the molecule is c1ccc(-n2c3ccccc3c3cc(-c4ccc5oc6cccc(-c7nc(-c8ccc9ccccc9c8)nc(-c8ccc9oc%10ccccc%10c9c8)n7)c6c5c4)ccc32)cc1. The van der Waals surface area contributed by atoms with E-state index in [4.69, 9.17) is 23.8 Å². The summed E-state index contributed by atoms with van der Waals surface area (Å²) in [6.45, 7) is 0. The van der Waals surface area contributed by atoms with E-state index in [9.17, 15) is 0 Å². The smallest absolute Gasteiger partial charge is 0.164 e. The molecule has 0 radical (unpaired) electrons. The van der Waals surface area contributed by atoms with E-state index in [0.717, 1.165) is 88.2 Å². The van der Waals surface area contributed by atoms with Gasteiger partial charge in [0.15, 0.2) is 17.5 Å². The first-order valence-corrected chi connectivity index (χ1v) is 20.4. The minimum Gasteiger partial charge on any atom is -0.456 e. The Morgan fingerprint density at radius 2 is 0.902 bits per heavy atom. The van der Waals surface area contributed by atoms with Gasteiger partial charge >= 0.3 is 0 Å². The minimum absolute atomic E-state index is 0.569. The fourth-order valence-corrected chi connectivity index (χ4v) is 9.15. The number of furan rings is 2. The summed E-state index contributed by atoms with van der Waals surface area (Å²) in [6.07, 6.45) is 0. The lowest BCUT2D eigenvalue weighted by atomic mass is 9.99. The molecule has 4 heterocycles. The molecular formula is C55H32N4O2. The number of benzene rings is 9. The monoisotopic (exact) mass is 780 g/mol. The Hall–Kier alpha value is -8.35. The van der Waals surface area contributed by atoms with Gasteiger partial charge in [-0.3, -0.25) is 0 Å². The quantitative estimate of drug-likeness (QED) is 0.174. The first-order valence-electron chi connectivity index (χ1n) is 20.4. The van der Waals surface area contributed by atoms with E-state index in [-0.39, 0.29) is 0 Å². The standard InChI is InChI=1S/C55H32N4O2/c1-2-13-39(14-3-1)59-46-18-8-6-15-40(46)43-30-35(23-26-47(43)59)36-24-27-50-45(31-36)52-42(17-10-20-51(52)61-50)55-57-53(37-22-21-33-11-4-5-12-34(33)29-37)56-54(58-55)38-25-28-49-44(32-38)41-16-7-9-19-48(41)60-49/h1-32H. The van der Waals surface area contributed by atoms with Crippen molar-refractivity contribution in [3.8, 4) is 51.0 Å². The summed E-state index contributed by atoms with van der Waals surface area (Å²) in [5.41, 5.74) is 11.6. The molecule has 6 nitrogen and oxygen atoms in total. The van der Waals surface area contributed by atoms with Crippen LogP contribution in [0.1, 0.15) is 0 Å². The number of hydrogen-bond donors (Lipinski definition) is 0. The Kier molecular flexibility index (Phi) is 7.21. The molecule has 0 saturated carbocycles. The lowest BCUT2D eigenvalue weighted by molar-refractivity contribution is 0.668. The fourth-order valence-electron chi connectivity index (χ4n) is 9.15. The highest BCUT2D eigenvalue weighted by molar-refractivity contribution is 6.14. The van der Waals surface area contributed by atoms with Crippen LogP contribution >= 0.6 is 0 Å². The van der Waals surface area contributed by atoms with E-state index in [0.29, 0.717) is 17.5 Å². The van der Waals surface area contributed by atoms with Gasteiger partial charge in [-0.1, -0.05) is 115 Å². The van der Waals surface area contributed by atoms with Crippen molar-refractivity contribution in [3.63, 3.8) is 0 Å². The van der Waals surface area contributed by atoms with Crippen molar-refractivity contribution < 1.29 is 8.83 Å². The third-order valence-electron chi connectivity index (χ3n) is 12.0. The first-order chi connectivity index (χ1) is 30.2. The van der Waals surface area contributed by atoms with Crippen molar-refractivity contribution in [3.05, 3.63) is 194 Å². The molecular weight excluding hydrogens is 749 g/mol. The largest absolute Gasteiger partial charge is 0.456 e. The molecule has 0 bridgehead atoms. The molecule has 6 heteroatoms. The molecule has 9 aromatic carbocycles. The van der Waals surface area contributed by atoms with E-state index in [1.54, 1.807) is 0 Å². The van der Waals surface area contributed by atoms with Crippen LogP contribution in [0.15, 0.2) is 203 Å². The van der Waals surface area contributed by atoms with Crippen molar-refractivity contribution in [1.82, 2.24) is 19.5 Å². The zero-order chi connectivity index (χ0) is 40.0. The summed E-state index contributed by atoms with van der Waals surface area (Å²) in [7, 11) is 0. The van der Waals surface area contributed by atoms with Crippen molar-refractivity contribution >= 4 is 76.5 Å². The average Bonchev–Trinajstić information content (AvgIpc) is 4.00. The molecule has 0 unspecified atom stereocenters. The number of nitrogens with zero attached hydrogens (tertiary/aromatic N) is 4. The Morgan fingerprint density at radius 3 is 1.77 bits per heavy atom. The van der Waals surface area contributed by atoms with Crippen molar-refractivity contribution in [2.75, 3.05) is 0 Å². The predicted octanol–water partition coefficient (Wildman–Crippen LogP) is 14.6. The second-order valence-electron chi connectivity index (χ2n) is 15.6. The molecule has 284 valence electrons. The summed E-state index contributed by atoms with van der Waals surface area (Å²) in [5.74, 6) is 1.74. The van der Waals surface area contributed by atoms with Gasteiger partial charge in [0.1, 0.15) is 22.3 Å². The predicted molar refractivity (Wildman–Crippen MR) is 248 cm³/mol. The van der Waals surface area contributed by atoms with Crippen LogP contribution in [-0.4, -0.2) is 19.5 Å². The summed E-state index contributed by atoms with van der Waals surface area (Å²) in [4.78, 5) is 15.6. The Morgan fingerprint density at radius 1 is 0.328 bits per heavy atom. The van der Waals surface area contributed by atoms with Gasteiger partial charge in [-0.2, -0.15) is 0 Å². The summed E-state index contributed by atoms with van der Waals surface area (Å²) in [6, 6.07) is 67.6. The van der Waals surface area contributed by atoms with Crippen LogP contribution in [-0.2, 0) is 0 Å². The third-order valence-corrected chi connectivity index (χ3v) is 12.0. The number of fused-ring (bicyclic) bond motifs is 10. The highest BCUT2D eigenvalue weighted by Crippen LogP contribution is 2.41. The summed E-state index contributed by atoms with van der Waals surface area (Å²) < 4.78 is 15.1. The Balaban J connectivity index is 1.00. The molecule has 13 rings (SSSR count). The maximum atomic E-state index is 6.56. The molecule has 0 aliphatic rings. The molecule has 61 heavy (non-hydrogen) atoms. The fraction of sp³-hybridized carbons (Fsp3) is 0. The van der Waals surface area contributed by atoms with Gasteiger partial charge in [-0.05, 0) is 101 Å². The van der Waals surface area contributed by atoms with E-state index in [1.165, 1.54) is 21.8 Å². The van der Waals surface area contributed by atoms with Crippen LogP contribution < -0.4 is 0 Å². The lowest BCUT2D eigenvalue weighted by Crippen LogP contribution is -2.00. The van der Waals surface area contributed by atoms with Gasteiger partial charge in [0.05, 0.1) is 11.0 Å². The maximum Gasteiger partial charge on any atom is 0.164 e. The van der Waals surface area contributed by atoms with Crippen LogP contribution in [0.4, 0.5) is 0 Å². The van der Waals surface area contributed by atoms with Crippen LogP contribution in [0.5, 0.6) is 0 Å². The molecule has 0 atom stereocenters. The molecule has 0 fully saturated rings. The summed E-state index contributed by atoms with van der Waals surface area (Å²) >= 11 is 0. The zero-order valence-corrected chi connectivity index (χ0v) is 32.6. The number of rotatable bonds is 5. The van der Waals surface area contributed by atoms with E-state index in [2.05, 4.69) is 156 Å². The molecule has 0 aliphatic carbocycles. The second kappa shape index (κ2) is 13.1. The third kappa shape index (κ3) is 5.32. The number of hydrogen-bond acceptors (Lipinski definition) is 5. The van der Waals surface area contributed by atoms with Gasteiger partial charge in [0.25, 0.3) is 0 Å². The van der Waals surface area contributed by atoms with Crippen LogP contribution in [0, 0.1) is 0 Å². The highest BCUT2D eigenvalue weighted by Gasteiger charge is 2.20. The molecule has 13 aromatic rings. The van der Waals surface area contributed by atoms with Gasteiger partial charge in [-0.25, -0.2) is 15.0 Å². The van der Waals surface area contributed by atoms with Crippen molar-refractivity contribution in [2.24, 2.45) is 0 Å². The Labute approximate surface area is 348 Å². The Bertz CT molecular complexity index is 3900. The lowest BCUT2D eigenvalue weighted by Gasteiger charge is -2.10. The van der Waals surface area contributed by atoms with Gasteiger partial charge in [-0.15, -0.1) is 0 Å².